The number of carbonyl (C=O) groups is 2. The molecule has 0 radical (unpaired) electrons. The van der Waals surface area contributed by atoms with E-state index < -0.39 is 18.0 Å². The van der Waals surface area contributed by atoms with Crippen molar-refractivity contribution < 1.29 is 14.3 Å². The first-order valence-electron chi connectivity index (χ1n) is 6.83. The molecule has 20 heavy (non-hydrogen) atoms. The quantitative estimate of drug-likeness (QED) is 0.632. The molecule has 0 saturated heterocycles. The van der Waals surface area contributed by atoms with Crippen LogP contribution < -0.4 is 11.1 Å². The fraction of sp³-hybridized carbons (Fsp3) is 0.467. The molecule has 0 spiro atoms. The van der Waals surface area contributed by atoms with E-state index >= 15 is 0 Å². The number of rotatable bonds is 5. The molecule has 1 aliphatic rings. The Morgan fingerprint density at radius 1 is 1.35 bits per heavy atom. The Balaban J connectivity index is 1.91. The molecule has 1 saturated carbocycles. The molecule has 0 heterocycles. The Morgan fingerprint density at radius 2 is 2.05 bits per heavy atom. The maximum Gasteiger partial charge on any atom is 0.313 e. The number of hydrogen-bond acceptors (Lipinski definition) is 4. The summed E-state index contributed by atoms with van der Waals surface area (Å²) in [5, 5.41) is 2.81. The molecule has 1 aromatic carbocycles. The van der Waals surface area contributed by atoms with Gasteiger partial charge < -0.3 is 15.8 Å². The molecule has 1 aliphatic carbocycles. The van der Waals surface area contributed by atoms with Crippen LogP contribution >= 0.6 is 0 Å². The number of ether oxygens (including phenoxy) is 1. The maximum atomic E-state index is 12.0. The van der Waals surface area contributed by atoms with E-state index in [0.29, 0.717) is 5.69 Å². The molecule has 1 fully saturated rings. The van der Waals surface area contributed by atoms with E-state index in [4.69, 9.17) is 10.5 Å². The summed E-state index contributed by atoms with van der Waals surface area (Å²) in [6.07, 6.45) is 1.24. The van der Waals surface area contributed by atoms with Crippen LogP contribution in [0, 0.1) is 0 Å². The third-order valence-corrected chi connectivity index (χ3v) is 3.35. The molecule has 108 valence electrons. The van der Waals surface area contributed by atoms with Gasteiger partial charge in [-0.25, -0.2) is 0 Å². The largest absolute Gasteiger partial charge is 0.452 e. The van der Waals surface area contributed by atoms with Crippen LogP contribution in [0.5, 0.6) is 0 Å². The number of carbonyl (C=O) groups excluding carboxylic acids is 2. The first kappa shape index (κ1) is 14.4. The van der Waals surface area contributed by atoms with Crippen LogP contribution in [0.1, 0.15) is 38.2 Å². The van der Waals surface area contributed by atoms with Gasteiger partial charge in [0.05, 0.1) is 5.92 Å². The molecule has 0 bridgehead atoms. The number of amides is 1. The monoisotopic (exact) mass is 276 g/mol. The zero-order chi connectivity index (χ0) is 14.7. The van der Waals surface area contributed by atoms with Crippen LogP contribution in [0.3, 0.4) is 0 Å². The van der Waals surface area contributed by atoms with E-state index in [9.17, 15) is 9.59 Å². The van der Waals surface area contributed by atoms with Crippen molar-refractivity contribution in [2.45, 2.75) is 44.8 Å². The fourth-order valence-electron chi connectivity index (χ4n) is 1.84. The molecule has 1 amide bonds. The molecular weight excluding hydrogens is 256 g/mol. The summed E-state index contributed by atoms with van der Waals surface area (Å²) in [7, 11) is 0. The molecule has 5 heteroatoms. The number of anilines is 1. The molecular formula is C15H20N2O3. The second kappa shape index (κ2) is 5.94. The highest BCUT2D eigenvalue weighted by Gasteiger charge is 2.28. The molecule has 2 atom stereocenters. The number of nitrogens with two attached hydrogens (primary N) is 1. The van der Waals surface area contributed by atoms with Crippen LogP contribution in [0.25, 0.3) is 0 Å². The number of nitrogen functional groups attached to an aromatic ring is 1. The molecule has 0 aromatic heterocycles. The van der Waals surface area contributed by atoms with Crippen LogP contribution in [-0.4, -0.2) is 24.0 Å². The second-order valence-corrected chi connectivity index (χ2v) is 5.25. The van der Waals surface area contributed by atoms with Gasteiger partial charge in [0.25, 0.3) is 5.91 Å². The minimum Gasteiger partial charge on any atom is -0.452 e. The van der Waals surface area contributed by atoms with E-state index in [1.54, 1.807) is 32.0 Å². The lowest BCUT2D eigenvalue weighted by Crippen LogP contribution is -2.37. The summed E-state index contributed by atoms with van der Waals surface area (Å²) in [6, 6.07) is 7.36. The third-order valence-electron chi connectivity index (χ3n) is 3.35. The van der Waals surface area contributed by atoms with Crippen molar-refractivity contribution in [2.75, 3.05) is 5.73 Å². The van der Waals surface area contributed by atoms with Gasteiger partial charge in [0.2, 0.25) is 0 Å². The maximum absolute atomic E-state index is 12.0. The summed E-state index contributed by atoms with van der Waals surface area (Å²) < 4.78 is 5.21. The van der Waals surface area contributed by atoms with Crippen LogP contribution in [0.2, 0.25) is 0 Å². The smallest absolute Gasteiger partial charge is 0.313 e. The van der Waals surface area contributed by atoms with Crippen LogP contribution in [-0.2, 0) is 14.3 Å². The van der Waals surface area contributed by atoms with E-state index in [1.807, 2.05) is 6.07 Å². The van der Waals surface area contributed by atoms with Crippen molar-refractivity contribution in [1.82, 2.24) is 5.32 Å². The average molecular weight is 276 g/mol. The van der Waals surface area contributed by atoms with Crippen molar-refractivity contribution >= 4 is 17.6 Å². The van der Waals surface area contributed by atoms with Gasteiger partial charge in [-0.1, -0.05) is 12.1 Å². The summed E-state index contributed by atoms with van der Waals surface area (Å²) in [5.74, 6) is -1.11. The first-order valence-corrected chi connectivity index (χ1v) is 6.83. The van der Waals surface area contributed by atoms with E-state index in [0.717, 1.165) is 18.4 Å². The predicted molar refractivity (Wildman–Crippen MR) is 76.0 cm³/mol. The Labute approximate surface area is 118 Å². The zero-order valence-corrected chi connectivity index (χ0v) is 11.8. The normalized spacial score (nSPS) is 17.1. The number of nitrogens with one attached hydrogen (secondary N) is 1. The summed E-state index contributed by atoms with van der Waals surface area (Å²) in [5.41, 5.74) is 7.07. The van der Waals surface area contributed by atoms with Crippen molar-refractivity contribution in [3.8, 4) is 0 Å². The minimum atomic E-state index is -0.772. The van der Waals surface area contributed by atoms with E-state index in [-0.39, 0.29) is 11.9 Å². The second-order valence-electron chi connectivity index (χ2n) is 5.25. The molecule has 5 nitrogen and oxygen atoms in total. The highest BCUT2D eigenvalue weighted by molar-refractivity contribution is 5.85. The van der Waals surface area contributed by atoms with Crippen LogP contribution in [0.4, 0.5) is 5.69 Å². The standard InChI is InChI=1S/C15H20N2O3/c1-9(11-4-3-5-12(16)8-11)15(19)20-10(2)14(18)17-13-6-7-13/h3-5,8-10,13H,6-7,16H2,1-2H3,(H,17,18). The molecule has 3 N–H and O–H groups in total. The van der Waals surface area contributed by atoms with Gasteiger partial charge in [0, 0.05) is 11.7 Å². The number of hydrogen-bond donors (Lipinski definition) is 2. The fourth-order valence-corrected chi connectivity index (χ4v) is 1.84. The summed E-state index contributed by atoms with van der Waals surface area (Å²) >= 11 is 0. The molecule has 2 unspecified atom stereocenters. The van der Waals surface area contributed by atoms with Crippen molar-refractivity contribution in [2.24, 2.45) is 0 Å². The Kier molecular flexibility index (Phi) is 4.27. The highest BCUT2D eigenvalue weighted by Crippen LogP contribution is 2.21. The van der Waals surface area contributed by atoms with Crippen molar-refractivity contribution in [1.29, 1.82) is 0 Å². The summed E-state index contributed by atoms with van der Waals surface area (Å²) in [6.45, 7) is 3.32. The Hall–Kier alpha value is -2.04. The number of benzene rings is 1. The highest BCUT2D eigenvalue weighted by atomic mass is 16.5. The lowest BCUT2D eigenvalue weighted by molar-refractivity contribution is -0.156. The molecule has 2 rings (SSSR count). The van der Waals surface area contributed by atoms with Gasteiger partial charge in [-0.05, 0) is 44.4 Å². The topological polar surface area (TPSA) is 81.4 Å². The number of esters is 1. The average Bonchev–Trinajstić information content (AvgIpc) is 3.21. The SMILES string of the molecule is CC(OC(=O)C(C)c1cccc(N)c1)C(=O)NC1CC1. The zero-order valence-electron chi connectivity index (χ0n) is 11.8. The van der Waals surface area contributed by atoms with Gasteiger partial charge in [0.15, 0.2) is 6.10 Å². The van der Waals surface area contributed by atoms with Crippen molar-refractivity contribution in [3.05, 3.63) is 29.8 Å². The Morgan fingerprint density at radius 3 is 2.65 bits per heavy atom. The van der Waals surface area contributed by atoms with Gasteiger partial charge in [0.1, 0.15) is 0 Å². The lowest BCUT2D eigenvalue weighted by Gasteiger charge is -2.17. The van der Waals surface area contributed by atoms with Gasteiger partial charge in [-0.3, -0.25) is 9.59 Å². The lowest BCUT2D eigenvalue weighted by atomic mass is 10.0. The van der Waals surface area contributed by atoms with Crippen molar-refractivity contribution in [3.63, 3.8) is 0 Å². The Bertz CT molecular complexity index is 512. The van der Waals surface area contributed by atoms with Gasteiger partial charge >= 0.3 is 5.97 Å². The molecule has 0 aliphatic heterocycles. The third kappa shape index (κ3) is 3.73. The van der Waals surface area contributed by atoms with E-state index in [2.05, 4.69) is 5.32 Å². The van der Waals surface area contributed by atoms with Gasteiger partial charge in [-0.15, -0.1) is 0 Å². The molecule has 1 aromatic rings. The summed E-state index contributed by atoms with van der Waals surface area (Å²) in [4.78, 5) is 23.8. The van der Waals surface area contributed by atoms with Gasteiger partial charge in [-0.2, -0.15) is 0 Å². The predicted octanol–water partition coefficient (Wildman–Crippen LogP) is 1.58. The van der Waals surface area contributed by atoms with Crippen LogP contribution in [0.15, 0.2) is 24.3 Å². The minimum absolute atomic E-state index is 0.236. The first-order chi connectivity index (χ1) is 9.47. The van der Waals surface area contributed by atoms with E-state index in [1.165, 1.54) is 0 Å².